The van der Waals surface area contributed by atoms with Crippen molar-refractivity contribution < 1.29 is 23.5 Å². The van der Waals surface area contributed by atoms with Crippen LogP contribution < -0.4 is 10.5 Å². The van der Waals surface area contributed by atoms with E-state index < -0.39 is 29.8 Å². The lowest BCUT2D eigenvalue weighted by Gasteiger charge is -2.30. The van der Waals surface area contributed by atoms with Crippen molar-refractivity contribution in [2.24, 2.45) is 11.7 Å². The second-order valence-corrected chi connectivity index (χ2v) is 10.4. The first-order valence-electron chi connectivity index (χ1n) is 12.3. The normalized spacial score (nSPS) is 20.9. The summed E-state index contributed by atoms with van der Waals surface area (Å²) in [6.07, 6.45) is 0. The molecule has 4 atom stereocenters. The minimum absolute atomic E-state index is 0.207. The van der Waals surface area contributed by atoms with Gasteiger partial charge in [0.15, 0.2) is 5.78 Å². The van der Waals surface area contributed by atoms with E-state index in [0.717, 1.165) is 5.56 Å². The second-order valence-electron chi connectivity index (χ2n) is 9.41. The third-order valence-electron chi connectivity index (χ3n) is 7.18. The van der Waals surface area contributed by atoms with Crippen LogP contribution in [-0.2, 0) is 4.79 Å². The number of ether oxygens (including phenoxy) is 1. The Morgan fingerprint density at radius 2 is 1.66 bits per heavy atom. The van der Waals surface area contributed by atoms with Gasteiger partial charge in [-0.05, 0) is 54.6 Å². The summed E-state index contributed by atoms with van der Waals surface area (Å²) in [6, 6.07) is 20.0. The smallest absolute Gasteiger partial charge is 0.265 e. The lowest BCUT2D eigenvalue weighted by atomic mass is 9.76. The molecule has 4 unspecified atom stereocenters. The van der Waals surface area contributed by atoms with E-state index in [1.165, 1.54) is 16.2 Å². The molecule has 1 saturated heterocycles. The van der Waals surface area contributed by atoms with Gasteiger partial charge in [0.1, 0.15) is 23.3 Å². The first-order valence-corrected chi connectivity index (χ1v) is 13.2. The zero-order valence-electron chi connectivity index (χ0n) is 21.3. The van der Waals surface area contributed by atoms with Crippen molar-refractivity contribution in [2.45, 2.75) is 31.8 Å². The Morgan fingerprint density at radius 3 is 2.21 bits per heavy atom. The Labute approximate surface area is 224 Å². The summed E-state index contributed by atoms with van der Waals surface area (Å²) in [5.74, 6) is -0.985. The predicted octanol–water partition coefficient (Wildman–Crippen LogP) is 5.30. The fraction of sp³-hybridized carbons (Fsp3) is 0.233. The van der Waals surface area contributed by atoms with Crippen LogP contribution in [0.3, 0.4) is 0 Å². The molecule has 38 heavy (non-hydrogen) atoms. The molecular weight excluding hydrogens is 500 g/mol. The lowest BCUT2D eigenvalue weighted by Crippen LogP contribution is -2.46. The van der Waals surface area contributed by atoms with Crippen molar-refractivity contribution in [3.8, 4) is 5.75 Å². The van der Waals surface area contributed by atoms with E-state index in [-0.39, 0.29) is 11.7 Å². The molecule has 2 amide bonds. The molecule has 0 bridgehead atoms. The first-order chi connectivity index (χ1) is 18.3. The molecule has 0 saturated carbocycles. The Balaban J connectivity index is 1.77. The highest BCUT2D eigenvalue weighted by Gasteiger charge is 2.57. The molecule has 0 radical (unpaired) electrons. The van der Waals surface area contributed by atoms with Gasteiger partial charge in [0.05, 0.1) is 29.5 Å². The molecule has 2 aromatic carbocycles. The third-order valence-corrected chi connectivity index (χ3v) is 8.03. The topological polar surface area (TPSA) is 103 Å². The number of nitrogens with zero attached hydrogens (tertiary/aromatic N) is 1. The number of rotatable bonds is 7. The molecule has 1 aliphatic rings. The van der Waals surface area contributed by atoms with E-state index in [1.807, 2.05) is 42.5 Å². The number of primary amides is 1. The van der Waals surface area contributed by atoms with E-state index in [2.05, 4.69) is 0 Å². The molecule has 8 heteroatoms. The molecule has 3 heterocycles. The number of Topliss-reactive ketones (excluding diaryl/α,β-unsaturated/α-hetero) is 1. The maximum absolute atomic E-state index is 14.4. The number of thiophene rings is 1. The molecule has 0 spiro atoms. The molecule has 194 valence electrons. The lowest BCUT2D eigenvalue weighted by molar-refractivity contribution is -0.122. The third kappa shape index (κ3) is 4.41. The van der Waals surface area contributed by atoms with Crippen LogP contribution in [0, 0.1) is 19.8 Å². The fourth-order valence-electron chi connectivity index (χ4n) is 5.60. The van der Waals surface area contributed by atoms with Crippen molar-refractivity contribution in [1.82, 2.24) is 4.90 Å². The summed E-state index contributed by atoms with van der Waals surface area (Å²) in [4.78, 5) is 43.7. The van der Waals surface area contributed by atoms with E-state index in [0.29, 0.717) is 33.3 Å². The van der Waals surface area contributed by atoms with E-state index in [4.69, 9.17) is 14.9 Å². The zero-order chi connectivity index (χ0) is 27.0. The van der Waals surface area contributed by atoms with Crippen LogP contribution in [0.2, 0.25) is 0 Å². The molecule has 5 rings (SSSR count). The molecule has 1 fully saturated rings. The molecule has 4 aromatic rings. The molecular formula is C30H28N2O5S. The maximum atomic E-state index is 14.4. The second kappa shape index (κ2) is 10.3. The van der Waals surface area contributed by atoms with E-state index in [1.54, 1.807) is 56.7 Å². The first kappa shape index (κ1) is 25.5. The average Bonchev–Trinajstić information content (AvgIpc) is 3.66. The number of furan rings is 1. The predicted molar refractivity (Wildman–Crippen MR) is 144 cm³/mol. The Morgan fingerprint density at radius 1 is 0.947 bits per heavy atom. The molecule has 2 aromatic heterocycles. The number of amides is 2. The van der Waals surface area contributed by atoms with Crippen LogP contribution in [0.1, 0.15) is 54.6 Å². The van der Waals surface area contributed by atoms with Gasteiger partial charge in [0.25, 0.3) is 5.91 Å². The quantitative estimate of drug-likeness (QED) is 0.328. The van der Waals surface area contributed by atoms with Gasteiger partial charge in [-0.2, -0.15) is 0 Å². The van der Waals surface area contributed by atoms with Crippen molar-refractivity contribution in [3.05, 3.63) is 111 Å². The van der Waals surface area contributed by atoms with Crippen LogP contribution in [0.5, 0.6) is 5.75 Å². The van der Waals surface area contributed by atoms with Crippen LogP contribution in [-0.4, -0.2) is 35.6 Å². The van der Waals surface area contributed by atoms with Crippen LogP contribution >= 0.6 is 11.3 Å². The van der Waals surface area contributed by atoms with Gasteiger partial charge < -0.3 is 19.8 Å². The summed E-state index contributed by atoms with van der Waals surface area (Å²) < 4.78 is 11.0. The monoisotopic (exact) mass is 528 g/mol. The van der Waals surface area contributed by atoms with Gasteiger partial charge in [0.2, 0.25) is 5.91 Å². The number of methoxy groups -OCH3 is 1. The number of hydrogen-bond donors (Lipinski definition) is 1. The molecule has 2 N–H and O–H groups in total. The van der Waals surface area contributed by atoms with E-state index >= 15 is 0 Å². The number of carbonyl (C=O) groups is 3. The van der Waals surface area contributed by atoms with Crippen molar-refractivity contribution >= 4 is 28.9 Å². The highest BCUT2D eigenvalue weighted by molar-refractivity contribution is 7.12. The number of likely N-dealkylation sites (tertiary alicyclic amines) is 1. The van der Waals surface area contributed by atoms with Crippen molar-refractivity contribution in [1.29, 1.82) is 0 Å². The van der Waals surface area contributed by atoms with Gasteiger partial charge in [-0.1, -0.05) is 48.5 Å². The van der Waals surface area contributed by atoms with Crippen molar-refractivity contribution in [3.63, 3.8) is 0 Å². The van der Waals surface area contributed by atoms with Crippen molar-refractivity contribution in [2.75, 3.05) is 7.11 Å². The van der Waals surface area contributed by atoms with Gasteiger partial charge >= 0.3 is 0 Å². The minimum Gasteiger partial charge on any atom is -0.497 e. The standard InChI is InChI=1S/C30H28N2O5S/c1-17-16-22(18(2)37-17)28(33)25-24(19-11-13-21(36-3)14-12-19)27(29(31)34)32(30(35)23-10-7-15-38-23)26(25)20-8-5-4-6-9-20/h4-16,24-27H,1-3H3,(H2,31,34). The highest BCUT2D eigenvalue weighted by Crippen LogP contribution is 2.52. The summed E-state index contributed by atoms with van der Waals surface area (Å²) in [5, 5.41) is 1.81. The minimum atomic E-state index is -1.06. The summed E-state index contributed by atoms with van der Waals surface area (Å²) in [7, 11) is 1.57. The van der Waals surface area contributed by atoms with E-state index in [9.17, 15) is 14.4 Å². The number of nitrogens with two attached hydrogens (primary N) is 1. The van der Waals surface area contributed by atoms with Gasteiger partial charge in [-0.25, -0.2) is 0 Å². The summed E-state index contributed by atoms with van der Waals surface area (Å²) in [5.41, 5.74) is 7.95. The van der Waals surface area contributed by atoms with Crippen LogP contribution in [0.4, 0.5) is 0 Å². The largest absolute Gasteiger partial charge is 0.497 e. The summed E-state index contributed by atoms with van der Waals surface area (Å²) >= 11 is 1.28. The van der Waals surface area contributed by atoms with Crippen LogP contribution in [0.25, 0.3) is 0 Å². The number of hydrogen-bond acceptors (Lipinski definition) is 6. The fourth-order valence-corrected chi connectivity index (χ4v) is 6.27. The summed E-state index contributed by atoms with van der Waals surface area (Å²) in [6.45, 7) is 3.53. The van der Waals surface area contributed by atoms with Gasteiger partial charge in [-0.15, -0.1) is 11.3 Å². The number of aryl methyl sites for hydroxylation is 2. The average molecular weight is 529 g/mol. The number of benzene rings is 2. The Hall–Kier alpha value is -4.17. The maximum Gasteiger partial charge on any atom is 0.265 e. The Bertz CT molecular complexity index is 1460. The SMILES string of the molecule is COc1ccc(C2C(C(=O)c3cc(C)oc3C)C(c3ccccc3)N(C(=O)c3cccs3)C2C(N)=O)cc1. The molecule has 7 nitrogen and oxygen atoms in total. The van der Waals surface area contributed by atoms with Gasteiger partial charge in [-0.3, -0.25) is 14.4 Å². The van der Waals surface area contributed by atoms with Crippen LogP contribution in [0.15, 0.2) is 82.6 Å². The highest BCUT2D eigenvalue weighted by atomic mass is 32.1. The van der Waals surface area contributed by atoms with Gasteiger partial charge in [0, 0.05) is 5.92 Å². The molecule has 0 aliphatic carbocycles. The number of ketones is 1. The zero-order valence-corrected chi connectivity index (χ0v) is 22.1. The number of carbonyl (C=O) groups excluding carboxylic acids is 3. The Kier molecular flexibility index (Phi) is 6.91. The molecule has 1 aliphatic heterocycles.